The molecule has 0 aromatic heterocycles. The highest BCUT2D eigenvalue weighted by Crippen LogP contribution is 2.48. The summed E-state index contributed by atoms with van der Waals surface area (Å²) in [6, 6.07) is 18.6. The van der Waals surface area contributed by atoms with Gasteiger partial charge in [0.05, 0.1) is 6.07 Å². The van der Waals surface area contributed by atoms with E-state index < -0.39 is 0 Å². The van der Waals surface area contributed by atoms with Crippen LogP contribution in [0.3, 0.4) is 0 Å². The molecule has 1 aliphatic carbocycles. The van der Waals surface area contributed by atoms with E-state index in [1.165, 1.54) is 22.3 Å². The number of rotatable bonds is 0. The Morgan fingerprint density at radius 1 is 0.864 bits per heavy atom. The molecule has 0 atom stereocenters. The second kappa shape index (κ2) is 5.20. The minimum Gasteiger partial charge on any atom is -0.456 e. The van der Waals surface area contributed by atoms with E-state index in [-0.39, 0.29) is 0 Å². The molecule has 0 saturated heterocycles. The summed E-state index contributed by atoms with van der Waals surface area (Å²) in [7, 11) is 0. The predicted molar refractivity (Wildman–Crippen MR) is 87.3 cm³/mol. The monoisotopic (exact) mass is 285 g/mol. The van der Waals surface area contributed by atoms with Crippen LogP contribution in [0.2, 0.25) is 0 Å². The molecule has 0 spiro atoms. The van der Waals surface area contributed by atoms with E-state index in [0.717, 1.165) is 36.3 Å². The lowest BCUT2D eigenvalue weighted by atomic mass is 9.81. The van der Waals surface area contributed by atoms with E-state index in [2.05, 4.69) is 24.3 Å². The van der Waals surface area contributed by atoms with Crippen molar-refractivity contribution >= 4 is 11.1 Å². The molecule has 4 rings (SSSR count). The Kier molecular flexibility index (Phi) is 3.05. The minimum absolute atomic E-state index is 0.831. The molecule has 1 heterocycles. The summed E-state index contributed by atoms with van der Waals surface area (Å²) >= 11 is 0. The molecule has 0 bridgehead atoms. The third-order valence-electron chi connectivity index (χ3n) is 4.38. The molecule has 0 unspecified atom stereocenters. The number of nitriles is 1. The normalized spacial score (nSPS) is 17.7. The zero-order valence-electron chi connectivity index (χ0n) is 12.2. The maximum Gasteiger partial charge on any atom is 0.134 e. The highest BCUT2D eigenvalue weighted by Gasteiger charge is 2.26. The number of hydrogen-bond donors (Lipinski definition) is 0. The second-order valence-corrected chi connectivity index (χ2v) is 5.66. The van der Waals surface area contributed by atoms with Crippen molar-refractivity contribution in [2.75, 3.05) is 0 Å². The number of fused-ring (bicyclic) bond motifs is 4. The zero-order valence-corrected chi connectivity index (χ0v) is 12.2. The van der Waals surface area contributed by atoms with Crippen molar-refractivity contribution < 1.29 is 4.74 Å². The zero-order chi connectivity index (χ0) is 14.9. The van der Waals surface area contributed by atoms with Gasteiger partial charge in [0.2, 0.25) is 0 Å². The van der Waals surface area contributed by atoms with Crippen molar-refractivity contribution in [3.8, 4) is 17.6 Å². The fourth-order valence-electron chi connectivity index (χ4n) is 3.36. The topological polar surface area (TPSA) is 33.0 Å². The van der Waals surface area contributed by atoms with Crippen molar-refractivity contribution in [2.24, 2.45) is 0 Å². The lowest BCUT2D eigenvalue weighted by Gasteiger charge is -2.22. The molecular weight excluding hydrogens is 270 g/mol. The average molecular weight is 285 g/mol. The van der Waals surface area contributed by atoms with Crippen LogP contribution < -0.4 is 4.74 Å². The Morgan fingerprint density at radius 2 is 1.50 bits per heavy atom. The van der Waals surface area contributed by atoms with Gasteiger partial charge in [0.25, 0.3) is 0 Å². The minimum atomic E-state index is 0.831. The SMILES string of the molecule is N#C/C=C1\CCC2=C(C1)c1ccccc1Oc1ccccc12. The number of para-hydroxylation sites is 2. The first kappa shape index (κ1) is 12.9. The van der Waals surface area contributed by atoms with Crippen molar-refractivity contribution in [3.63, 3.8) is 0 Å². The summed E-state index contributed by atoms with van der Waals surface area (Å²) in [5, 5.41) is 8.96. The van der Waals surface area contributed by atoms with Crippen LogP contribution >= 0.6 is 0 Å². The van der Waals surface area contributed by atoms with Crippen LogP contribution in [0.4, 0.5) is 0 Å². The van der Waals surface area contributed by atoms with E-state index >= 15 is 0 Å². The van der Waals surface area contributed by atoms with Gasteiger partial charge in [-0.05, 0) is 42.5 Å². The quantitative estimate of drug-likeness (QED) is 0.612. The second-order valence-electron chi connectivity index (χ2n) is 5.66. The third kappa shape index (κ3) is 2.03. The first-order chi connectivity index (χ1) is 10.9. The average Bonchev–Trinajstić information content (AvgIpc) is 2.69. The molecule has 22 heavy (non-hydrogen) atoms. The van der Waals surface area contributed by atoms with Crippen LogP contribution in [-0.2, 0) is 0 Å². The third-order valence-corrected chi connectivity index (χ3v) is 4.38. The maximum atomic E-state index is 8.96. The Balaban J connectivity index is 1.97. The Bertz CT molecular complexity index is 852. The van der Waals surface area contributed by atoms with E-state index in [1.807, 2.05) is 30.3 Å². The highest BCUT2D eigenvalue weighted by atomic mass is 16.5. The molecule has 0 amide bonds. The highest BCUT2D eigenvalue weighted by molar-refractivity contribution is 5.97. The predicted octanol–water partition coefficient (Wildman–Crippen LogP) is 5.34. The van der Waals surface area contributed by atoms with Gasteiger partial charge in [0.1, 0.15) is 11.5 Å². The Labute approximate surface area is 130 Å². The van der Waals surface area contributed by atoms with Crippen molar-refractivity contribution in [1.29, 1.82) is 5.26 Å². The van der Waals surface area contributed by atoms with Crippen LogP contribution in [-0.4, -0.2) is 0 Å². The van der Waals surface area contributed by atoms with Gasteiger partial charge in [0.15, 0.2) is 0 Å². The number of benzene rings is 2. The summed E-state index contributed by atoms with van der Waals surface area (Å²) in [6.07, 6.45) is 4.43. The summed E-state index contributed by atoms with van der Waals surface area (Å²) in [6.45, 7) is 0. The van der Waals surface area contributed by atoms with E-state index in [1.54, 1.807) is 6.08 Å². The van der Waals surface area contributed by atoms with Crippen LogP contribution in [0.25, 0.3) is 11.1 Å². The van der Waals surface area contributed by atoms with Crippen LogP contribution in [0.1, 0.15) is 30.4 Å². The van der Waals surface area contributed by atoms with E-state index in [0.29, 0.717) is 0 Å². The molecular formula is C20H15NO. The fraction of sp³-hybridized carbons (Fsp3) is 0.150. The first-order valence-corrected chi connectivity index (χ1v) is 7.53. The molecule has 0 fully saturated rings. The van der Waals surface area contributed by atoms with Gasteiger partial charge < -0.3 is 4.74 Å². The molecule has 2 nitrogen and oxygen atoms in total. The van der Waals surface area contributed by atoms with Gasteiger partial charge in [-0.15, -0.1) is 0 Å². The van der Waals surface area contributed by atoms with Gasteiger partial charge in [-0.25, -0.2) is 0 Å². The summed E-state index contributed by atoms with van der Waals surface area (Å²) in [4.78, 5) is 0. The maximum absolute atomic E-state index is 8.96. The number of hydrogen-bond acceptors (Lipinski definition) is 2. The van der Waals surface area contributed by atoms with Gasteiger partial charge in [0, 0.05) is 17.2 Å². The molecule has 0 saturated carbocycles. The lowest BCUT2D eigenvalue weighted by molar-refractivity contribution is 0.481. The van der Waals surface area contributed by atoms with Crippen molar-refractivity contribution in [1.82, 2.24) is 0 Å². The molecule has 1 aliphatic heterocycles. The number of nitrogens with zero attached hydrogens (tertiary/aromatic N) is 1. The molecule has 0 radical (unpaired) electrons. The standard InChI is InChI=1S/C20H15NO/c21-12-11-14-9-10-15-16-5-1-3-7-19(16)22-20-8-4-2-6-17(20)18(15)13-14/h1-8,11H,9-10,13H2/b14-11+. The Hall–Kier alpha value is -2.79. The first-order valence-electron chi connectivity index (χ1n) is 7.53. The van der Waals surface area contributed by atoms with E-state index in [4.69, 9.17) is 10.00 Å². The summed E-state index contributed by atoms with van der Waals surface area (Å²) < 4.78 is 6.16. The number of allylic oxidation sites excluding steroid dienone is 4. The molecule has 2 aliphatic rings. The van der Waals surface area contributed by atoms with Gasteiger partial charge in [-0.3, -0.25) is 0 Å². The van der Waals surface area contributed by atoms with Gasteiger partial charge >= 0.3 is 0 Å². The largest absolute Gasteiger partial charge is 0.456 e. The van der Waals surface area contributed by atoms with Crippen molar-refractivity contribution in [2.45, 2.75) is 19.3 Å². The summed E-state index contributed by atoms with van der Waals surface area (Å²) in [5.74, 6) is 1.82. The lowest BCUT2D eigenvalue weighted by Crippen LogP contribution is -2.01. The van der Waals surface area contributed by atoms with Crippen LogP contribution in [0.5, 0.6) is 11.5 Å². The summed E-state index contributed by atoms with van der Waals surface area (Å²) in [5.41, 5.74) is 6.20. The molecule has 2 aromatic carbocycles. The number of ether oxygens (including phenoxy) is 1. The molecule has 106 valence electrons. The Morgan fingerprint density at radius 3 is 2.18 bits per heavy atom. The van der Waals surface area contributed by atoms with Gasteiger partial charge in [-0.1, -0.05) is 42.0 Å². The van der Waals surface area contributed by atoms with Crippen molar-refractivity contribution in [3.05, 3.63) is 71.3 Å². The molecule has 2 aromatic rings. The molecule has 0 N–H and O–H groups in total. The van der Waals surface area contributed by atoms with Gasteiger partial charge in [-0.2, -0.15) is 5.26 Å². The smallest absolute Gasteiger partial charge is 0.134 e. The van der Waals surface area contributed by atoms with Crippen LogP contribution in [0.15, 0.2) is 60.2 Å². The molecule has 2 heteroatoms. The van der Waals surface area contributed by atoms with Crippen LogP contribution in [0, 0.1) is 11.3 Å². The fourth-order valence-corrected chi connectivity index (χ4v) is 3.36. The van der Waals surface area contributed by atoms with E-state index in [9.17, 15) is 0 Å².